The maximum Gasteiger partial charge on any atom is 0.263 e. The zero-order valence-corrected chi connectivity index (χ0v) is 17.3. The molecule has 1 aliphatic rings. The molecule has 0 spiro atoms. The highest BCUT2D eigenvalue weighted by atomic mass is 32.2. The molecule has 1 fully saturated rings. The number of thioether (sulfide) groups is 1. The van der Waals surface area contributed by atoms with Crippen LogP contribution in [0, 0.1) is 5.92 Å². The van der Waals surface area contributed by atoms with Gasteiger partial charge >= 0.3 is 0 Å². The van der Waals surface area contributed by atoms with Gasteiger partial charge in [-0.1, -0.05) is 13.0 Å². The van der Waals surface area contributed by atoms with E-state index in [1.165, 1.54) is 15.2 Å². The van der Waals surface area contributed by atoms with E-state index in [9.17, 15) is 13.2 Å². The predicted molar refractivity (Wildman–Crippen MR) is 107 cm³/mol. The van der Waals surface area contributed by atoms with Gasteiger partial charge in [-0.25, -0.2) is 8.42 Å². The number of amides is 1. The van der Waals surface area contributed by atoms with Crippen LogP contribution in [0.25, 0.3) is 0 Å². The molecular formula is C18H24N4O3S2. The van der Waals surface area contributed by atoms with Gasteiger partial charge in [0.15, 0.2) is 0 Å². The van der Waals surface area contributed by atoms with E-state index in [2.05, 4.69) is 17.3 Å². The number of nitrogens with zero attached hydrogens (tertiary/aromatic N) is 3. The van der Waals surface area contributed by atoms with Crippen LogP contribution in [0.3, 0.4) is 0 Å². The second kappa shape index (κ2) is 8.04. The molecule has 3 rings (SSSR count). The molecule has 27 heavy (non-hydrogen) atoms. The fraction of sp³-hybridized carbons (Fsp3) is 0.444. The van der Waals surface area contributed by atoms with Gasteiger partial charge < -0.3 is 5.32 Å². The number of anilines is 1. The predicted octanol–water partition coefficient (Wildman–Crippen LogP) is 2.81. The second-order valence-corrected chi connectivity index (χ2v) is 9.53. The Kier molecular flexibility index (Phi) is 5.92. The van der Waals surface area contributed by atoms with E-state index in [0.29, 0.717) is 24.7 Å². The highest BCUT2D eigenvalue weighted by molar-refractivity contribution is 7.98. The molecule has 0 atom stereocenters. The molecule has 146 valence electrons. The third-order valence-electron chi connectivity index (χ3n) is 4.69. The van der Waals surface area contributed by atoms with Crippen molar-refractivity contribution < 1.29 is 13.2 Å². The van der Waals surface area contributed by atoms with Crippen molar-refractivity contribution in [1.29, 1.82) is 0 Å². The van der Waals surface area contributed by atoms with Gasteiger partial charge in [-0.15, -0.1) is 11.8 Å². The molecule has 7 nitrogen and oxygen atoms in total. The monoisotopic (exact) mass is 408 g/mol. The summed E-state index contributed by atoms with van der Waals surface area (Å²) in [4.78, 5) is 13.8. The van der Waals surface area contributed by atoms with Crippen molar-refractivity contribution in [3.63, 3.8) is 0 Å². The van der Waals surface area contributed by atoms with Crippen molar-refractivity contribution in [3.05, 3.63) is 36.0 Å². The maximum absolute atomic E-state index is 13.1. The van der Waals surface area contributed by atoms with Crippen molar-refractivity contribution in [1.82, 2.24) is 14.1 Å². The van der Waals surface area contributed by atoms with Gasteiger partial charge in [-0.3, -0.25) is 9.48 Å². The van der Waals surface area contributed by atoms with Crippen molar-refractivity contribution >= 4 is 33.4 Å². The fourth-order valence-electron chi connectivity index (χ4n) is 3.06. The molecule has 9 heteroatoms. The lowest BCUT2D eigenvalue weighted by molar-refractivity contribution is 0.102. The smallest absolute Gasteiger partial charge is 0.263 e. The van der Waals surface area contributed by atoms with E-state index in [1.807, 2.05) is 24.5 Å². The summed E-state index contributed by atoms with van der Waals surface area (Å²) in [5.74, 6) is 0.0250. The normalized spacial score (nSPS) is 16.4. The van der Waals surface area contributed by atoms with Gasteiger partial charge in [0, 0.05) is 36.9 Å². The van der Waals surface area contributed by atoms with E-state index in [1.54, 1.807) is 24.9 Å². The summed E-state index contributed by atoms with van der Waals surface area (Å²) in [6, 6.07) is 7.40. The first-order valence-electron chi connectivity index (χ1n) is 8.80. The number of nitrogens with one attached hydrogen (secondary N) is 1. The molecule has 2 heterocycles. The van der Waals surface area contributed by atoms with Crippen LogP contribution in [-0.4, -0.2) is 47.8 Å². The van der Waals surface area contributed by atoms with E-state index < -0.39 is 15.9 Å². The van der Waals surface area contributed by atoms with E-state index in [0.717, 1.165) is 17.7 Å². The minimum absolute atomic E-state index is 0.0608. The first kappa shape index (κ1) is 19.9. The van der Waals surface area contributed by atoms with Crippen molar-refractivity contribution in [2.24, 2.45) is 13.0 Å². The molecule has 1 aliphatic heterocycles. The third-order valence-corrected chi connectivity index (χ3v) is 7.25. The van der Waals surface area contributed by atoms with Gasteiger partial charge in [0.05, 0.1) is 5.56 Å². The Hall–Kier alpha value is -1.84. The lowest BCUT2D eigenvalue weighted by Crippen LogP contribution is -2.38. The van der Waals surface area contributed by atoms with Crippen LogP contribution >= 0.6 is 11.8 Å². The Morgan fingerprint density at radius 2 is 2.00 bits per heavy atom. The van der Waals surface area contributed by atoms with E-state index >= 15 is 0 Å². The number of hydrogen-bond acceptors (Lipinski definition) is 5. The topological polar surface area (TPSA) is 84.3 Å². The van der Waals surface area contributed by atoms with Crippen LogP contribution in [0.4, 0.5) is 5.69 Å². The number of aryl methyl sites for hydroxylation is 1. The molecule has 0 aliphatic carbocycles. The van der Waals surface area contributed by atoms with Crippen molar-refractivity contribution in [2.45, 2.75) is 29.7 Å². The van der Waals surface area contributed by atoms with Crippen LogP contribution < -0.4 is 5.32 Å². The standard InChI is InChI=1S/C18H24N4O3S2/c1-13-7-9-22(10-8-13)27(24,25)18-16(12-21(2)20-18)17(23)19-14-5-4-6-15(11-14)26-3/h4-6,11-13H,7-10H2,1-3H3,(H,19,23). The molecule has 1 aromatic heterocycles. The number of sulfonamides is 1. The Labute approximate surface area is 164 Å². The summed E-state index contributed by atoms with van der Waals surface area (Å²) in [6.07, 6.45) is 5.03. The summed E-state index contributed by atoms with van der Waals surface area (Å²) < 4.78 is 28.9. The molecular weight excluding hydrogens is 384 g/mol. The fourth-order valence-corrected chi connectivity index (χ4v) is 5.11. The highest BCUT2D eigenvalue weighted by Crippen LogP contribution is 2.26. The molecule has 1 saturated heterocycles. The SMILES string of the molecule is CSc1cccc(NC(=O)c2cn(C)nc2S(=O)(=O)N2CCC(C)CC2)c1. The number of benzene rings is 1. The minimum Gasteiger partial charge on any atom is -0.322 e. The van der Waals surface area contributed by atoms with Crippen molar-refractivity contribution in [3.8, 4) is 0 Å². The highest BCUT2D eigenvalue weighted by Gasteiger charge is 2.34. The Morgan fingerprint density at radius 3 is 2.67 bits per heavy atom. The average Bonchev–Trinajstić information content (AvgIpc) is 3.05. The minimum atomic E-state index is -3.81. The average molecular weight is 409 g/mol. The maximum atomic E-state index is 13.1. The Morgan fingerprint density at radius 1 is 1.30 bits per heavy atom. The molecule has 2 aromatic rings. The van der Waals surface area contributed by atoms with Crippen molar-refractivity contribution in [2.75, 3.05) is 24.7 Å². The number of rotatable bonds is 5. The lowest BCUT2D eigenvalue weighted by Gasteiger charge is -2.28. The number of piperidine rings is 1. The quantitative estimate of drug-likeness (QED) is 0.769. The van der Waals surface area contributed by atoms with Crippen LogP contribution in [-0.2, 0) is 17.1 Å². The molecule has 0 unspecified atom stereocenters. The van der Waals surface area contributed by atoms with Gasteiger partial charge in [-0.2, -0.15) is 9.40 Å². The summed E-state index contributed by atoms with van der Waals surface area (Å²) in [6.45, 7) is 3.03. The summed E-state index contributed by atoms with van der Waals surface area (Å²) in [5, 5.41) is 6.69. The number of hydrogen-bond donors (Lipinski definition) is 1. The molecule has 1 aromatic carbocycles. The Bertz CT molecular complexity index is 932. The second-order valence-electron chi connectivity index (χ2n) is 6.79. The molecule has 0 bridgehead atoms. The van der Waals surface area contributed by atoms with E-state index in [-0.39, 0.29) is 10.6 Å². The zero-order chi connectivity index (χ0) is 19.6. The van der Waals surface area contributed by atoms with E-state index in [4.69, 9.17) is 0 Å². The largest absolute Gasteiger partial charge is 0.322 e. The molecule has 1 amide bonds. The van der Waals surface area contributed by atoms with Crippen LogP contribution in [0.15, 0.2) is 40.4 Å². The molecule has 0 saturated carbocycles. The van der Waals surface area contributed by atoms with Gasteiger partial charge in [0.1, 0.15) is 0 Å². The molecule has 1 N–H and O–H groups in total. The third kappa shape index (κ3) is 4.36. The van der Waals surface area contributed by atoms with Crippen LogP contribution in [0.5, 0.6) is 0 Å². The van der Waals surface area contributed by atoms with Crippen LogP contribution in [0.2, 0.25) is 0 Å². The summed E-state index contributed by atoms with van der Waals surface area (Å²) in [7, 11) is -2.20. The van der Waals surface area contributed by atoms with Gasteiger partial charge in [0.25, 0.3) is 15.9 Å². The first-order valence-corrected chi connectivity index (χ1v) is 11.5. The number of carbonyl (C=O) groups is 1. The summed E-state index contributed by atoms with van der Waals surface area (Å²) >= 11 is 1.57. The van der Waals surface area contributed by atoms with Gasteiger partial charge in [0.2, 0.25) is 5.03 Å². The number of aromatic nitrogens is 2. The number of carbonyl (C=O) groups excluding carboxylic acids is 1. The lowest BCUT2D eigenvalue weighted by atomic mass is 10.0. The van der Waals surface area contributed by atoms with Crippen LogP contribution in [0.1, 0.15) is 30.1 Å². The first-order chi connectivity index (χ1) is 12.8. The van der Waals surface area contributed by atoms with Gasteiger partial charge in [-0.05, 0) is 43.2 Å². The molecule has 0 radical (unpaired) electrons. The summed E-state index contributed by atoms with van der Waals surface area (Å²) in [5.41, 5.74) is 0.677. The zero-order valence-electron chi connectivity index (χ0n) is 15.7. The Balaban J connectivity index is 1.87.